The summed E-state index contributed by atoms with van der Waals surface area (Å²) in [6.45, 7) is -0.0860. The van der Waals surface area contributed by atoms with Crippen LogP contribution in [0.1, 0.15) is 6.23 Å². The molecule has 0 amide bonds. The van der Waals surface area contributed by atoms with Crippen molar-refractivity contribution < 1.29 is 15.1 Å². The molecule has 2 aromatic heterocycles. The maximum atomic E-state index is 9.54. The molecular formula is C9H12N6O3. The summed E-state index contributed by atoms with van der Waals surface area (Å²) in [5.74, 6) is 0.288. The van der Waals surface area contributed by atoms with E-state index in [1.807, 2.05) is 0 Å². The normalized spacial score (nSPS) is 25.0. The first kappa shape index (κ1) is 11.3. The monoisotopic (exact) mass is 252 g/mol. The second kappa shape index (κ2) is 4.14. The second-order valence-corrected chi connectivity index (χ2v) is 3.93. The van der Waals surface area contributed by atoms with E-state index in [0.717, 1.165) is 5.06 Å². The Morgan fingerprint density at radius 1 is 1.44 bits per heavy atom. The average Bonchev–Trinajstić information content (AvgIpc) is 2.93. The molecule has 1 fully saturated rings. The van der Waals surface area contributed by atoms with E-state index in [-0.39, 0.29) is 19.0 Å². The molecule has 0 unspecified atom stereocenters. The maximum Gasteiger partial charge on any atom is 0.167 e. The predicted molar refractivity (Wildman–Crippen MR) is 59.2 cm³/mol. The minimum absolute atomic E-state index is 0.209. The first-order valence-electron chi connectivity index (χ1n) is 5.35. The number of ether oxygens (including phenoxy) is 1. The number of hydrogen-bond acceptors (Lipinski definition) is 8. The van der Waals surface area contributed by atoms with E-state index in [1.165, 1.54) is 12.7 Å². The molecule has 4 N–H and O–H groups in total. The largest absolute Gasteiger partial charge is 0.392 e. The lowest BCUT2D eigenvalue weighted by atomic mass is 10.5. The molecule has 1 aliphatic heterocycles. The number of aliphatic hydroxyl groups is 1. The zero-order chi connectivity index (χ0) is 12.7. The minimum atomic E-state index is -0.744. The zero-order valence-electron chi connectivity index (χ0n) is 9.34. The summed E-state index contributed by atoms with van der Waals surface area (Å²) in [6, 6.07) is 0. The molecule has 0 bridgehead atoms. The van der Waals surface area contributed by atoms with E-state index in [0.29, 0.717) is 11.2 Å². The molecule has 0 saturated carbocycles. The van der Waals surface area contributed by atoms with Crippen molar-refractivity contribution in [2.75, 3.05) is 18.9 Å². The van der Waals surface area contributed by atoms with Crippen molar-refractivity contribution >= 4 is 17.0 Å². The molecule has 3 rings (SSSR count). The lowest BCUT2D eigenvalue weighted by Gasteiger charge is -2.12. The van der Waals surface area contributed by atoms with Crippen LogP contribution in [-0.2, 0) is 4.74 Å². The molecule has 2 atom stereocenters. The van der Waals surface area contributed by atoms with Crippen molar-refractivity contribution in [1.82, 2.24) is 24.6 Å². The van der Waals surface area contributed by atoms with Crippen LogP contribution in [-0.4, -0.2) is 54.3 Å². The van der Waals surface area contributed by atoms with Gasteiger partial charge in [-0.2, -0.15) is 5.06 Å². The van der Waals surface area contributed by atoms with E-state index in [1.54, 1.807) is 4.57 Å². The summed E-state index contributed by atoms with van der Waals surface area (Å²) in [5.41, 5.74) is 6.69. The Hall–Kier alpha value is -1.81. The highest BCUT2D eigenvalue weighted by Crippen LogP contribution is 2.26. The van der Waals surface area contributed by atoms with Gasteiger partial charge in [0, 0.05) is 0 Å². The van der Waals surface area contributed by atoms with Gasteiger partial charge in [0.25, 0.3) is 0 Å². The molecule has 0 aromatic carbocycles. The van der Waals surface area contributed by atoms with Crippen molar-refractivity contribution in [2.24, 2.45) is 0 Å². The third kappa shape index (κ3) is 1.61. The molecule has 96 valence electrons. The number of aliphatic hydroxyl groups excluding tert-OH is 1. The molecule has 3 heterocycles. The zero-order valence-corrected chi connectivity index (χ0v) is 9.34. The van der Waals surface area contributed by atoms with Gasteiger partial charge < -0.3 is 20.8 Å². The Balaban J connectivity index is 1.99. The molecule has 9 heteroatoms. The van der Waals surface area contributed by atoms with Gasteiger partial charge in [0.2, 0.25) is 0 Å². The van der Waals surface area contributed by atoms with Crippen LogP contribution < -0.4 is 5.73 Å². The van der Waals surface area contributed by atoms with Crippen LogP contribution in [0.4, 0.5) is 5.82 Å². The summed E-state index contributed by atoms with van der Waals surface area (Å²) < 4.78 is 7.11. The van der Waals surface area contributed by atoms with Gasteiger partial charge in [-0.25, -0.2) is 15.0 Å². The summed E-state index contributed by atoms with van der Waals surface area (Å²) in [5, 5.41) is 19.5. The van der Waals surface area contributed by atoms with Gasteiger partial charge in [0.15, 0.2) is 23.9 Å². The number of imidazole rings is 1. The molecule has 18 heavy (non-hydrogen) atoms. The Kier molecular flexibility index (Phi) is 2.59. The maximum absolute atomic E-state index is 9.54. The Morgan fingerprint density at radius 3 is 3.00 bits per heavy atom. The van der Waals surface area contributed by atoms with Crippen LogP contribution >= 0.6 is 0 Å². The minimum Gasteiger partial charge on any atom is -0.392 e. The fraction of sp³-hybridized carbons (Fsp3) is 0.444. The lowest BCUT2D eigenvalue weighted by molar-refractivity contribution is -0.171. The number of hydroxylamine groups is 2. The van der Waals surface area contributed by atoms with Gasteiger partial charge in [-0.3, -0.25) is 4.57 Å². The molecule has 0 aliphatic carbocycles. The highest BCUT2D eigenvalue weighted by atomic mass is 16.6. The van der Waals surface area contributed by atoms with Crippen LogP contribution in [0.3, 0.4) is 0 Å². The predicted octanol–water partition coefficient (Wildman–Crippen LogP) is -1.05. The smallest absolute Gasteiger partial charge is 0.167 e. The molecular weight excluding hydrogens is 240 g/mol. The molecule has 9 nitrogen and oxygen atoms in total. The quantitative estimate of drug-likeness (QED) is 0.618. The Labute approximate surface area is 101 Å². The Morgan fingerprint density at radius 2 is 2.28 bits per heavy atom. The van der Waals surface area contributed by atoms with E-state index in [9.17, 15) is 5.21 Å². The van der Waals surface area contributed by atoms with Gasteiger partial charge in [0.1, 0.15) is 11.8 Å². The Bertz CT molecular complexity index is 572. The number of hydrogen-bond donors (Lipinski definition) is 3. The van der Waals surface area contributed by atoms with Crippen molar-refractivity contribution in [1.29, 1.82) is 0 Å². The van der Waals surface area contributed by atoms with Crippen LogP contribution in [0, 0.1) is 0 Å². The van der Waals surface area contributed by atoms with E-state index in [2.05, 4.69) is 15.0 Å². The highest BCUT2D eigenvalue weighted by molar-refractivity contribution is 5.81. The van der Waals surface area contributed by atoms with Crippen LogP contribution in [0.25, 0.3) is 11.2 Å². The van der Waals surface area contributed by atoms with Crippen LogP contribution in [0.5, 0.6) is 0 Å². The molecule has 2 aromatic rings. The third-order valence-corrected chi connectivity index (χ3v) is 2.84. The molecule has 0 spiro atoms. The SMILES string of the molecule is Nc1ncnc2c1ncn2[C@H]1CN(O)[C@@H](CO)O1. The summed E-state index contributed by atoms with van der Waals surface area (Å²) >= 11 is 0. The van der Waals surface area contributed by atoms with E-state index < -0.39 is 12.5 Å². The van der Waals surface area contributed by atoms with Crippen molar-refractivity contribution in [3.05, 3.63) is 12.7 Å². The number of fused-ring (bicyclic) bond motifs is 1. The average molecular weight is 252 g/mol. The highest BCUT2D eigenvalue weighted by Gasteiger charge is 2.33. The number of rotatable bonds is 2. The van der Waals surface area contributed by atoms with Crippen molar-refractivity contribution in [3.63, 3.8) is 0 Å². The van der Waals surface area contributed by atoms with Crippen LogP contribution in [0.2, 0.25) is 0 Å². The topological polar surface area (TPSA) is 123 Å². The van der Waals surface area contributed by atoms with E-state index >= 15 is 0 Å². The molecule has 0 radical (unpaired) electrons. The number of anilines is 1. The van der Waals surface area contributed by atoms with Gasteiger partial charge in [-0.05, 0) is 0 Å². The molecule has 1 aliphatic rings. The lowest BCUT2D eigenvalue weighted by Crippen LogP contribution is -2.29. The summed E-state index contributed by atoms with van der Waals surface area (Å²) in [7, 11) is 0. The van der Waals surface area contributed by atoms with Gasteiger partial charge in [-0.15, -0.1) is 0 Å². The van der Waals surface area contributed by atoms with Crippen LogP contribution in [0.15, 0.2) is 12.7 Å². The summed E-state index contributed by atoms with van der Waals surface area (Å²) in [4.78, 5) is 12.0. The molecule has 1 saturated heterocycles. The number of aromatic nitrogens is 4. The summed E-state index contributed by atoms with van der Waals surface area (Å²) in [6.07, 6.45) is 1.64. The second-order valence-electron chi connectivity index (χ2n) is 3.93. The fourth-order valence-electron chi connectivity index (χ4n) is 1.94. The standard InChI is InChI=1S/C9H12N6O3/c10-8-7-9(12-3-11-8)14(4-13-7)5-1-15(17)6(2-16)18-5/h3-6,16-17H,1-2H2,(H2,10,11,12)/t5-,6-/m1/s1. The van der Waals surface area contributed by atoms with Crippen molar-refractivity contribution in [3.8, 4) is 0 Å². The van der Waals surface area contributed by atoms with E-state index in [4.69, 9.17) is 15.6 Å². The fourth-order valence-corrected chi connectivity index (χ4v) is 1.94. The first-order chi connectivity index (χ1) is 8.70. The number of nitrogens with two attached hydrogens (primary N) is 1. The number of nitrogen functional groups attached to an aromatic ring is 1. The van der Waals surface area contributed by atoms with Gasteiger partial charge in [0.05, 0.1) is 19.5 Å². The van der Waals surface area contributed by atoms with Gasteiger partial charge in [-0.1, -0.05) is 0 Å². The first-order valence-corrected chi connectivity index (χ1v) is 5.35. The van der Waals surface area contributed by atoms with Crippen molar-refractivity contribution in [2.45, 2.75) is 12.5 Å². The third-order valence-electron chi connectivity index (χ3n) is 2.84. The van der Waals surface area contributed by atoms with Gasteiger partial charge >= 0.3 is 0 Å². The number of nitrogens with zero attached hydrogens (tertiary/aromatic N) is 5.